The molecule has 17 heavy (non-hydrogen) atoms. The molecule has 1 aromatic heterocycles. The first-order valence-electron chi connectivity index (χ1n) is 6.12. The van der Waals surface area contributed by atoms with Gasteiger partial charge in [-0.3, -0.25) is 9.69 Å². The molecule has 0 amide bonds. The number of aromatic amines is 1. The van der Waals surface area contributed by atoms with Gasteiger partial charge in [-0.15, -0.1) is 0 Å². The van der Waals surface area contributed by atoms with E-state index in [1.54, 1.807) is 13.8 Å². The Morgan fingerprint density at radius 2 is 2.24 bits per heavy atom. The van der Waals surface area contributed by atoms with Gasteiger partial charge in [0.05, 0.1) is 5.60 Å². The third kappa shape index (κ3) is 2.42. The van der Waals surface area contributed by atoms with Crippen LogP contribution in [0, 0.1) is 0 Å². The van der Waals surface area contributed by atoms with E-state index in [0.29, 0.717) is 5.56 Å². The molecule has 0 unspecified atom stereocenters. The van der Waals surface area contributed by atoms with Gasteiger partial charge in [-0.2, -0.15) is 0 Å². The van der Waals surface area contributed by atoms with Crippen LogP contribution in [0.3, 0.4) is 0 Å². The molecule has 2 rings (SSSR count). The average Bonchev–Trinajstić information content (AvgIpc) is 2.26. The normalized spacial score (nSPS) is 16.9. The molecule has 0 saturated carbocycles. The summed E-state index contributed by atoms with van der Waals surface area (Å²) in [6, 6.07) is 1.86. The summed E-state index contributed by atoms with van der Waals surface area (Å²) in [5.74, 6) is 0. The molecule has 1 aliphatic rings. The molecule has 0 aromatic carbocycles. The van der Waals surface area contributed by atoms with Crippen molar-refractivity contribution in [2.45, 2.75) is 39.3 Å². The summed E-state index contributed by atoms with van der Waals surface area (Å²) in [5.41, 5.74) is 1.36. The second kappa shape index (κ2) is 4.27. The topological polar surface area (TPSA) is 56.3 Å². The number of pyridine rings is 1. The maximum atomic E-state index is 11.9. The molecule has 94 valence electrons. The van der Waals surface area contributed by atoms with Gasteiger partial charge in [0.25, 0.3) is 5.56 Å². The van der Waals surface area contributed by atoms with Crippen LogP contribution in [0.2, 0.25) is 0 Å². The Hall–Kier alpha value is -1.13. The molecular formula is C13H20N2O2. The molecule has 4 nitrogen and oxygen atoms in total. The highest BCUT2D eigenvalue weighted by Gasteiger charge is 2.24. The van der Waals surface area contributed by atoms with E-state index in [2.05, 4.69) is 16.8 Å². The smallest absolute Gasteiger partial charge is 0.254 e. The zero-order chi connectivity index (χ0) is 12.6. The third-order valence-corrected chi connectivity index (χ3v) is 3.39. The van der Waals surface area contributed by atoms with Gasteiger partial charge < -0.3 is 10.1 Å². The van der Waals surface area contributed by atoms with Crippen molar-refractivity contribution in [3.63, 3.8) is 0 Å². The van der Waals surface area contributed by atoms with E-state index in [1.807, 2.05) is 6.07 Å². The van der Waals surface area contributed by atoms with Crippen LogP contribution in [0.25, 0.3) is 0 Å². The molecule has 0 spiro atoms. The lowest BCUT2D eigenvalue weighted by molar-refractivity contribution is 0.0767. The highest BCUT2D eigenvalue weighted by Crippen LogP contribution is 2.21. The number of H-pyrrole nitrogens is 1. The van der Waals surface area contributed by atoms with Gasteiger partial charge in [0, 0.05) is 30.8 Å². The Morgan fingerprint density at radius 3 is 2.82 bits per heavy atom. The van der Waals surface area contributed by atoms with Crippen LogP contribution < -0.4 is 5.56 Å². The van der Waals surface area contributed by atoms with E-state index in [9.17, 15) is 9.90 Å². The van der Waals surface area contributed by atoms with Gasteiger partial charge in [0.15, 0.2) is 0 Å². The highest BCUT2D eigenvalue weighted by atomic mass is 16.3. The SMILES string of the molecule is CCN1CCc2[nH]c(=O)c(C(C)(C)O)cc2C1. The van der Waals surface area contributed by atoms with Crippen molar-refractivity contribution >= 4 is 0 Å². The lowest BCUT2D eigenvalue weighted by atomic mass is 9.95. The minimum Gasteiger partial charge on any atom is -0.386 e. The standard InChI is InChI=1S/C13H20N2O2/c1-4-15-6-5-11-9(8-15)7-10(12(16)14-11)13(2,3)17/h7,17H,4-6,8H2,1-3H3,(H,14,16). The third-order valence-electron chi connectivity index (χ3n) is 3.39. The number of rotatable bonds is 2. The largest absolute Gasteiger partial charge is 0.386 e. The molecule has 1 aromatic rings. The number of nitrogens with zero attached hydrogens (tertiary/aromatic N) is 1. The van der Waals surface area contributed by atoms with Crippen molar-refractivity contribution in [1.82, 2.24) is 9.88 Å². The molecule has 4 heteroatoms. The maximum Gasteiger partial charge on any atom is 0.254 e. The van der Waals surface area contributed by atoms with Gasteiger partial charge in [-0.1, -0.05) is 6.92 Å². The fourth-order valence-corrected chi connectivity index (χ4v) is 2.29. The van der Waals surface area contributed by atoms with Gasteiger partial charge in [0.1, 0.15) is 0 Å². The summed E-state index contributed by atoms with van der Waals surface area (Å²) >= 11 is 0. The average molecular weight is 236 g/mol. The number of aromatic nitrogens is 1. The van der Waals surface area contributed by atoms with Crippen LogP contribution in [0.1, 0.15) is 37.6 Å². The van der Waals surface area contributed by atoms with Crippen molar-refractivity contribution in [3.05, 3.63) is 33.2 Å². The number of nitrogens with one attached hydrogen (secondary N) is 1. The molecular weight excluding hydrogens is 216 g/mol. The van der Waals surface area contributed by atoms with E-state index in [0.717, 1.165) is 37.3 Å². The van der Waals surface area contributed by atoms with Crippen LogP contribution in [-0.4, -0.2) is 28.1 Å². The molecule has 0 bridgehead atoms. The Labute approximate surface area is 101 Å². The Bertz CT molecular complexity index is 471. The number of fused-ring (bicyclic) bond motifs is 1. The number of hydrogen-bond donors (Lipinski definition) is 2. The Balaban J connectivity index is 2.45. The minimum absolute atomic E-state index is 0.166. The molecule has 0 atom stereocenters. The summed E-state index contributed by atoms with van der Waals surface area (Å²) in [6.07, 6.45) is 0.880. The summed E-state index contributed by atoms with van der Waals surface area (Å²) in [5, 5.41) is 9.96. The minimum atomic E-state index is -1.09. The molecule has 1 aliphatic heterocycles. The molecule has 2 heterocycles. The first kappa shape index (κ1) is 12.3. The number of likely N-dealkylation sites (N-methyl/N-ethyl adjacent to an activating group) is 1. The predicted molar refractivity (Wildman–Crippen MR) is 67.0 cm³/mol. The van der Waals surface area contributed by atoms with E-state index < -0.39 is 5.60 Å². The van der Waals surface area contributed by atoms with Gasteiger partial charge in [-0.25, -0.2) is 0 Å². The molecule has 2 N–H and O–H groups in total. The second-order valence-electron chi connectivity index (χ2n) is 5.19. The van der Waals surface area contributed by atoms with Crippen molar-refractivity contribution in [3.8, 4) is 0 Å². The lowest BCUT2D eigenvalue weighted by Crippen LogP contribution is -2.35. The molecule has 0 radical (unpaired) electrons. The van der Waals surface area contributed by atoms with Crippen LogP contribution >= 0.6 is 0 Å². The molecule has 0 aliphatic carbocycles. The monoisotopic (exact) mass is 236 g/mol. The zero-order valence-corrected chi connectivity index (χ0v) is 10.7. The van der Waals surface area contributed by atoms with E-state index in [1.165, 1.54) is 0 Å². The molecule has 0 fully saturated rings. The Kier molecular flexibility index (Phi) is 3.10. The van der Waals surface area contributed by atoms with Crippen molar-refractivity contribution in [2.24, 2.45) is 0 Å². The number of aliphatic hydroxyl groups is 1. The lowest BCUT2D eigenvalue weighted by Gasteiger charge is -2.28. The highest BCUT2D eigenvalue weighted by molar-refractivity contribution is 5.30. The van der Waals surface area contributed by atoms with Crippen LogP contribution in [0.5, 0.6) is 0 Å². The second-order valence-corrected chi connectivity index (χ2v) is 5.19. The molecule has 0 saturated heterocycles. The summed E-state index contributed by atoms with van der Waals surface area (Å²) < 4.78 is 0. The van der Waals surface area contributed by atoms with Gasteiger partial charge >= 0.3 is 0 Å². The summed E-state index contributed by atoms with van der Waals surface area (Å²) in [7, 11) is 0. The first-order valence-corrected chi connectivity index (χ1v) is 6.12. The van der Waals surface area contributed by atoms with Gasteiger partial charge in [-0.05, 0) is 32.0 Å². The maximum absolute atomic E-state index is 11.9. The zero-order valence-electron chi connectivity index (χ0n) is 10.7. The summed E-state index contributed by atoms with van der Waals surface area (Å²) in [6.45, 7) is 8.27. The first-order chi connectivity index (χ1) is 7.91. The van der Waals surface area contributed by atoms with Crippen molar-refractivity contribution in [1.29, 1.82) is 0 Å². The summed E-state index contributed by atoms with van der Waals surface area (Å²) in [4.78, 5) is 17.1. The Morgan fingerprint density at radius 1 is 1.53 bits per heavy atom. The fourth-order valence-electron chi connectivity index (χ4n) is 2.29. The van der Waals surface area contributed by atoms with Crippen LogP contribution in [0.4, 0.5) is 0 Å². The van der Waals surface area contributed by atoms with Gasteiger partial charge in [0.2, 0.25) is 0 Å². The number of hydrogen-bond acceptors (Lipinski definition) is 3. The predicted octanol–water partition coefficient (Wildman–Crippen LogP) is 0.980. The van der Waals surface area contributed by atoms with E-state index >= 15 is 0 Å². The van der Waals surface area contributed by atoms with Crippen LogP contribution in [0.15, 0.2) is 10.9 Å². The quantitative estimate of drug-likeness (QED) is 0.805. The van der Waals surface area contributed by atoms with Crippen LogP contribution in [-0.2, 0) is 18.6 Å². The van der Waals surface area contributed by atoms with Crippen molar-refractivity contribution < 1.29 is 5.11 Å². The van der Waals surface area contributed by atoms with E-state index in [-0.39, 0.29) is 5.56 Å². The van der Waals surface area contributed by atoms with Crippen molar-refractivity contribution in [2.75, 3.05) is 13.1 Å². The van der Waals surface area contributed by atoms with E-state index in [4.69, 9.17) is 0 Å². The fraction of sp³-hybridized carbons (Fsp3) is 0.615.